The van der Waals surface area contributed by atoms with Crippen molar-refractivity contribution in [3.05, 3.63) is 58.2 Å². The minimum absolute atomic E-state index is 0.0903. The molecule has 170 valence electrons. The number of fused-ring (bicyclic) bond motifs is 2. The number of aliphatic hydroxyl groups excluding tert-OH is 1. The Morgan fingerprint density at radius 1 is 1.12 bits per heavy atom. The van der Waals surface area contributed by atoms with Gasteiger partial charge in [0.1, 0.15) is 12.2 Å². The van der Waals surface area contributed by atoms with Gasteiger partial charge in [0.2, 0.25) is 10.4 Å². The van der Waals surface area contributed by atoms with Gasteiger partial charge in [-0.25, -0.2) is 17.8 Å². The summed E-state index contributed by atoms with van der Waals surface area (Å²) >= 11 is 0. The maximum Gasteiger partial charge on any atom is 0.344 e. The predicted molar refractivity (Wildman–Crippen MR) is 116 cm³/mol. The number of anilines is 1. The Balaban J connectivity index is 0.000000444. The van der Waals surface area contributed by atoms with Crippen LogP contribution in [0.25, 0.3) is 22.1 Å². The van der Waals surface area contributed by atoms with Crippen LogP contribution in [0.2, 0.25) is 0 Å². The first kappa shape index (κ1) is 22.4. The molecule has 32 heavy (non-hydrogen) atoms. The number of hydrogen-bond acceptors (Lipinski definition) is 7. The van der Waals surface area contributed by atoms with E-state index < -0.39 is 10.4 Å². The van der Waals surface area contributed by atoms with Gasteiger partial charge in [-0.1, -0.05) is 0 Å². The molecule has 0 spiro atoms. The van der Waals surface area contributed by atoms with E-state index >= 15 is 0 Å². The number of aromatic nitrogens is 1. The summed E-state index contributed by atoms with van der Waals surface area (Å²) < 4.78 is 40.6. The van der Waals surface area contributed by atoms with Gasteiger partial charge in [-0.3, -0.25) is 4.55 Å². The Labute approximate surface area is 185 Å². The van der Waals surface area contributed by atoms with Crippen LogP contribution in [-0.4, -0.2) is 42.3 Å². The van der Waals surface area contributed by atoms with E-state index in [9.17, 15) is 4.79 Å². The normalized spacial score (nSPS) is 15.2. The van der Waals surface area contributed by atoms with Crippen molar-refractivity contribution in [2.75, 3.05) is 24.6 Å². The van der Waals surface area contributed by atoms with Crippen molar-refractivity contribution in [2.45, 2.75) is 32.2 Å². The molecule has 9 nitrogen and oxygen atoms in total. The Morgan fingerprint density at radius 3 is 2.44 bits per heavy atom. The second kappa shape index (κ2) is 8.99. The van der Waals surface area contributed by atoms with Gasteiger partial charge in [0.05, 0.1) is 5.56 Å². The number of aliphatic hydroxyl groups is 1. The molecule has 2 aromatic heterocycles. The maximum absolute atomic E-state index is 12.8. The van der Waals surface area contributed by atoms with Crippen LogP contribution in [-0.2, 0) is 29.8 Å². The molecule has 0 fully saturated rings. The van der Waals surface area contributed by atoms with E-state index in [2.05, 4.69) is 11.0 Å². The van der Waals surface area contributed by atoms with Crippen molar-refractivity contribution in [1.29, 1.82) is 0 Å². The zero-order chi connectivity index (χ0) is 22.9. The van der Waals surface area contributed by atoms with Crippen LogP contribution in [0.1, 0.15) is 24.0 Å². The topological polar surface area (TPSA) is 135 Å². The first-order chi connectivity index (χ1) is 15.2. The lowest BCUT2D eigenvalue weighted by molar-refractivity contribution is -0.698. The quantitative estimate of drug-likeness (QED) is 0.259. The molecule has 5 rings (SSSR count). The van der Waals surface area contributed by atoms with Crippen molar-refractivity contribution >= 4 is 27.1 Å². The minimum atomic E-state index is -4.92. The molecule has 10 heteroatoms. The fourth-order valence-corrected chi connectivity index (χ4v) is 4.55. The van der Waals surface area contributed by atoms with Crippen LogP contribution in [0, 0.1) is 0 Å². The van der Waals surface area contributed by atoms with Gasteiger partial charge in [0.15, 0.2) is 18.9 Å². The number of aryl methyl sites for hydroxylation is 2. The monoisotopic (exact) mass is 460 g/mol. The van der Waals surface area contributed by atoms with E-state index in [1.54, 1.807) is 0 Å². The molecule has 0 amide bonds. The van der Waals surface area contributed by atoms with Crippen LogP contribution < -0.4 is 15.1 Å². The van der Waals surface area contributed by atoms with E-state index in [-0.39, 0.29) is 12.2 Å². The number of rotatable bonds is 3. The van der Waals surface area contributed by atoms with Crippen molar-refractivity contribution in [3.63, 3.8) is 0 Å². The molecule has 0 saturated heterocycles. The lowest BCUT2D eigenvalue weighted by Gasteiger charge is -2.37. The molecule has 3 aromatic rings. The summed E-state index contributed by atoms with van der Waals surface area (Å²) in [5.74, 6) is 0. The Bertz CT molecular complexity index is 1290. The molecule has 1 aromatic carbocycles. The van der Waals surface area contributed by atoms with Crippen LogP contribution in [0.3, 0.4) is 0 Å². The molecule has 0 unspecified atom stereocenters. The van der Waals surface area contributed by atoms with Gasteiger partial charge in [0.25, 0.3) is 0 Å². The highest BCUT2D eigenvalue weighted by molar-refractivity contribution is 7.79. The smallest absolute Gasteiger partial charge is 0.344 e. The van der Waals surface area contributed by atoms with E-state index in [0.29, 0.717) is 12.1 Å². The predicted octanol–water partition coefficient (Wildman–Crippen LogP) is 1.44. The van der Waals surface area contributed by atoms with Crippen molar-refractivity contribution < 1.29 is 31.6 Å². The van der Waals surface area contributed by atoms with Crippen molar-refractivity contribution in [3.8, 4) is 11.1 Å². The van der Waals surface area contributed by atoms with Gasteiger partial charge in [-0.2, -0.15) is 0 Å². The highest BCUT2D eigenvalue weighted by Gasteiger charge is 2.27. The van der Waals surface area contributed by atoms with E-state index in [1.165, 1.54) is 23.2 Å². The molecular formula is C22H24N2O7S. The Kier molecular flexibility index (Phi) is 6.29. The third-order valence-corrected chi connectivity index (χ3v) is 5.78. The van der Waals surface area contributed by atoms with Gasteiger partial charge in [-0.15, -0.1) is 0 Å². The molecule has 0 bridgehead atoms. The largest absolute Gasteiger partial charge is 0.726 e. The first-order valence-electron chi connectivity index (χ1n) is 10.4. The fourth-order valence-electron chi connectivity index (χ4n) is 4.55. The summed E-state index contributed by atoms with van der Waals surface area (Å²) in [5, 5.41) is 10.1. The first-order valence-corrected chi connectivity index (χ1v) is 11.8. The molecule has 0 saturated carbocycles. The minimum Gasteiger partial charge on any atom is -0.726 e. The van der Waals surface area contributed by atoms with Gasteiger partial charge < -0.3 is 19.0 Å². The van der Waals surface area contributed by atoms with Crippen LogP contribution in [0.15, 0.2) is 45.9 Å². The molecular weight excluding hydrogens is 436 g/mol. The Morgan fingerprint density at radius 2 is 1.78 bits per heavy atom. The van der Waals surface area contributed by atoms with Crippen molar-refractivity contribution in [1.82, 2.24) is 0 Å². The lowest BCUT2D eigenvalue weighted by Crippen LogP contribution is -2.34. The number of benzene rings is 1. The average molecular weight is 461 g/mol. The molecule has 2 aliphatic rings. The third kappa shape index (κ3) is 4.83. The van der Waals surface area contributed by atoms with E-state index in [1.807, 2.05) is 35.2 Å². The highest BCUT2D eigenvalue weighted by atomic mass is 32.3. The fraction of sp³-hybridized carbons (Fsp3) is 0.364. The maximum atomic E-state index is 12.8. The second-order valence-electron chi connectivity index (χ2n) is 7.90. The summed E-state index contributed by atoms with van der Waals surface area (Å²) in [5.41, 5.74) is 5.83. The van der Waals surface area contributed by atoms with E-state index in [0.717, 1.165) is 48.9 Å². The molecule has 2 N–H and O–H groups in total. The SMILES string of the molecule is O=S(=O)([O-])O.O=c1oc2c3c4c(cc2cc1-c1cc[n+](CCO)cc1)CCCN4CCC3. The molecule has 4 heterocycles. The lowest BCUT2D eigenvalue weighted by atomic mass is 9.89. The van der Waals surface area contributed by atoms with Gasteiger partial charge in [0, 0.05) is 47.4 Å². The molecule has 0 radical (unpaired) electrons. The zero-order valence-corrected chi connectivity index (χ0v) is 18.2. The van der Waals surface area contributed by atoms with E-state index in [4.69, 9.17) is 27.0 Å². The zero-order valence-electron chi connectivity index (χ0n) is 17.4. The number of hydrogen-bond donors (Lipinski definition) is 2. The number of nitrogens with zero attached hydrogens (tertiary/aromatic N) is 2. The average Bonchev–Trinajstić information content (AvgIpc) is 2.74. The molecule has 0 atom stereocenters. The Hall–Kier alpha value is -2.79. The summed E-state index contributed by atoms with van der Waals surface area (Å²) in [6, 6.07) is 8.00. The van der Waals surface area contributed by atoms with Gasteiger partial charge in [-0.05, 0) is 43.4 Å². The van der Waals surface area contributed by atoms with Crippen LogP contribution >= 0.6 is 0 Å². The van der Waals surface area contributed by atoms with Crippen LogP contribution in [0.5, 0.6) is 0 Å². The van der Waals surface area contributed by atoms with Crippen molar-refractivity contribution in [2.24, 2.45) is 0 Å². The summed E-state index contributed by atoms with van der Waals surface area (Å²) in [7, 11) is -4.92. The summed E-state index contributed by atoms with van der Waals surface area (Å²) in [4.78, 5) is 15.2. The highest BCUT2D eigenvalue weighted by Crippen LogP contribution is 2.40. The summed E-state index contributed by atoms with van der Waals surface area (Å²) in [6.45, 7) is 2.84. The standard InChI is InChI=1S/C22H23N2O3.H2O4S/c25-12-11-23-9-5-15(6-10-23)19-14-17-13-16-3-1-7-24-8-2-4-18(20(16)24)21(17)27-22(19)26;1-5(2,3)4/h5-6,9-10,13-14,25H,1-4,7-8,11-12H2;(H2,1,2,3,4)/q+1;/p-1. The second-order valence-corrected chi connectivity index (χ2v) is 8.75. The third-order valence-electron chi connectivity index (χ3n) is 5.78. The molecule has 2 aliphatic heterocycles. The van der Waals surface area contributed by atoms with Gasteiger partial charge >= 0.3 is 5.63 Å². The molecule has 0 aliphatic carbocycles. The summed E-state index contributed by atoms with van der Waals surface area (Å²) in [6.07, 6.45) is 8.12. The number of pyridine rings is 1. The van der Waals surface area contributed by atoms with Crippen LogP contribution in [0.4, 0.5) is 5.69 Å².